The summed E-state index contributed by atoms with van der Waals surface area (Å²) in [6, 6.07) is 8.66. The molecule has 1 saturated carbocycles. The molecule has 13 heteroatoms. The van der Waals surface area contributed by atoms with Crippen LogP contribution in [0.5, 0.6) is 17.2 Å². The average molecular weight is 570 g/mol. The Hall–Kier alpha value is -3.97. The van der Waals surface area contributed by atoms with Crippen LogP contribution in [0.2, 0.25) is 0 Å². The van der Waals surface area contributed by atoms with E-state index in [2.05, 4.69) is 25.4 Å². The Bertz CT molecular complexity index is 1610. The van der Waals surface area contributed by atoms with Gasteiger partial charge in [-0.2, -0.15) is 5.10 Å². The minimum atomic E-state index is -4.22. The van der Waals surface area contributed by atoms with E-state index in [0.29, 0.717) is 40.7 Å². The van der Waals surface area contributed by atoms with Crippen molar-refractivity contribution in [2.24, 2.45) is 0 Å². The second-order valence-electron chi connectivity index (χ2n) is 9.90. The molecule has 1 unspecified atom stereocenters. The summed E-state index contributed by atoms with van der Waals surface area (Å²) in [5.74, 6) is 1.90. The molecular weight excluding hydrogens is 538 g/mol. The summed E-state index contributed by atoms with van der Waals surface area (Å²) in [4.78, 5) is -0.150. The Labute approximate surface area is 231 Å². The Morgan fingerprint density at radius 2 is 1.70 bits per heavy atom. The van der Waals surface area contributed by atoms with Crippen molar-refractivity contribution in [2.45, 2.75) is 49.0 Å². The number of benzene rings is 2. The van der Waals surface area contributed by atoms with E-state index in [1.807, 2.05) is 6.07 Å². The molecule has 0 radical (unpaired) electrons. The summed E-state index contributed by atoms with van der Waals surface area (Å²) in [7, 11) is 0.133. The van der Waals surface area contributed by atoms with E-state index < -0.39 is 10.0 Å². The van der Waals surface area contributed by atoms with Gasteiger partial charge in [0, 0.05) is 30.4 Å². The zero-order chi connectivity index (χ0) is 27.9. The third-order valence-corrected chi connectivity index (χ3v) is 8.61. The predicted molar refractivity (Wildman–Crippen MR) is 147 cm³/mol. The topological polar surface area (TPSA) is 150 Å². The van der Waals surface area contributed by atoms with Gasteiger partial charge < -0.3 is 28.8 Å². The van der Waals surface area contributed by atoms with Crippen LogP contribution >= 0.6 is 0 Å². The van der Waals surface area contributed by atoms with Gasteiger partial charge in [0.25, 0.3) is 10.0 Å². The summed E-state index contributed by atoms with van der Waals surface area (Å²) in [6.45, 7) is 0.653. The standard InChI is InChI=1S/C27H31N5O7S/c1-35-22-12-17-21(13-19(22)28-25-14-18(29-30-25)15-7-8-15)39-31-27(17)32-40(33,34)26-23(36-2)10-16(11-24(26)37-3)20-6-4-5-9-38-20/h10-15,20H,4-9H2,1-3H3,(H,31,32)(H2,28,29,30). The number of hydrogen-bond donors (Lipinski definition) is 3. The van der Waals surface area contributed by atoms with Crippen LogP contribution in [0.3, 0.4) is 0 Å². The molecule has 3 heterocycles. The Morgan fingerprint density at radius 1 is 0.950 bits per heavy atom. The van der Waals surface area contributed by atoms with E-state index >= 15 is 0 Å². The average Bonchev–Trinajstić information content (AvgIpc) is 3.61. The van der Waals surface area contributed by atoms with Crippen molar-refractivity contribution in [3.63, 3.8) is 0 Å². The smallest absolute Gasteiger partial charge is 0.270 e. The van der Waals surface area contributed by atoms with E-state index in [0.717, 1.165) is 43.4 Å². The number of nitrogens with one attached hydrogen (secondary N) is 3. The number of fused-ring (bicyclic) bond motifs is 1. The fraction of sp³-hybridized carbons (Fsp3) is 0.407. The van der Waals surface area contributed by atoms with Crippen molar-refractivity contribution >= 4 is 38.3 Å². The number of nitrogens with zero attached hydrogens (tertiary/aromatic N) is 2. The predicted octanol–water partition coefficient (Wildman–Crippen LogP) is 5.24. The van der Waals surface area contributed by atoms with E-state index in [4.69, 9.17) is 23.5 Å². The van der Waals surface area contributed by atoms with Crippen molar-refractivity contribution < 1.29 is 31.9 Å². The van der Waals surface area contributed by atoms with Gasteiger partial charge in [0.1, 0.15) is 17.2 Å². The third-order valence-electron chi connectivity index (χ3n) is 7.20. The Kier molecular flexibility index (Phi) is 6.92. The zero-order valence-electron chi connectivity index (χ0n) is 22.4. The number of aromatic nitrogens is 3. The van der Waals surface area contributed by atoms with Crippen LogP contribution in [0, 0.1) is 0 Å². The minimum Gasteiger partial charge on any atom is -0.495 e. The molecule has 1 saturated heterocycles. The molecule has 3 N–H and O–H groups in total. The first-order valence-electron chi connectivity index (χ1n) is 13.1. The van der Waals surface area contributed by atoms with Crippen LogP contribution in [0.4, 0.5) is 17.3 Å². The summed E-state index contributed by atoms with van der Waals surface area (Å²) in [5, 5.41) is 15.0. The van der Waals surface area contributed by atoms with Gasteiger partial charge in [-0.1, -0.05) is 5.16 Å². The molecule has 6 rings (SSSR count). The maximum atomic E-state index is 13.7. The van der Waals surface area contributed by atoms with Crippen LogP contribution < -0.4 is 24.2 Å². The molecule has 1 aliphatic heterocycles. The first-order valence-corrected chi connectivity index (χ1v) is 14.6. The highest BCUT2D eigenvalue weighted by molar-refractivity contribution is 7.93. The first kappa shape index (κ1) is 26.3. The van der Waals surface area contributed by atoms with Gasteiger partial charge in [-0.15, -0.1) is 0 Å². The largest absolute Gasteiger partial charge is 0.495 e. The van der Waals surface area contributed by atoms with Crippen LogP contribution in [-0.4, -0.2) is 51.7 Å². The number of sulfonamides is 1. The molecule has 4 aromatic rings. The van der Waals surface area contributed by atoms with Crippen molar-refractivity contribution in [1.29, 1.82) is 0 Å². The second kappa shape index (κ2) is 10.5. The summed E-state index contributed by atoms with van der Waals surface area (Å²) < 4.78 is 57.9. The number of anilines is 3. The summed E-state index contributed by atoms with van der Waals surface area (Å²) >= 11 is 0. The molecule has 40 heavy (non-hydrogen) atoms. The lowest BCUT2D eigenvalue weighted by atomic mass is 10.0. The summed E-state index contributed by atoms with van der Waals surface area (Å²) in [5.41, 5.74) is 2.83. The van der Waals surface area contributed by atoms with E-state index in [-0.39, 0.29) is 28.3 Å². The van der Waals surface area contributed by atoms with E-state index in [1.54, 1.807) is 24.3 Å². The van der Waals surface area contributed by atoms with Crippen LogP contribution in [0.1, 0.15) is 55.4 Å². The molecule has 0 spiro atoms. The van der Waals surface area contributed by atoms with Crippen LogP contribution in [-0.2, 0) is 14.8 Å². The minimum absolute atomic E-state index is 0.000523. The lowest BCUT2D eigenvalue weighted by molar-refractivity contribution is 0.0147. The van der Waals surface area contributed by atoms with Gasteiger partial charge >= 0.3 is 0 Å². The van der Waals surface area contributed by atoms with E-state index in [9.17, 15) is 8.42 Å². The second-order valence-corrected chi connectivity index (χ2v) is 11.5. The van der Waals surface area contributed by atoms with Crippen LogP contribution in [0.25, 0.3) is 11.0 Å². The van der Waals surface area contributed by atoms with Crippen LogP contribution in [0.15, 0.2) is 39.8 Å². The first-order chi connectivity index (χ1) is 19.4. The molecule has 212 valence electrons. The summed E-state index contributed by atoms with van der Waals surface area (Å²) in [6.07, 6.45) is 5.02. The van der Waals surface area contributed by atoms with Gasteiger partial charge in [-0.05, 0) is 55.9 Å². The Balaban J connectivity index is 1.31. The van der Waals surface area contributed by atoms with Crippen molar-refractivity contribution in [1.82, 2.24) is 15.4 Å². The lowest BCUT2D eigenvalue weighted by Gasteiger charge is -2.24. The molecule has 0 amide bonds. The van der Waals surface area contributed by atoms with Gasteiger partial charge in [-0.25, -0.2) is 8.42 Å². The molecular formula is C27H31N5O7S. The van der Waals surface area contributed by atoms with Gasteiger partial charge in [0.05, 0.1) is 38.5 Å². The van der Waals surface area contributed by atoms with Crippen molar-refractivity contribution in [3.8, 4) is 17.2 Å². The number of rotatable bonds is 10. The molecule has 2 aliphatic rings. The molecule has 12 nitrogen and oxygen atoms in total. The lowest BCUT2D eigenvalue weighted by Crippen LogP contribution is -2.17. The fourth-order valence-electron chi connectivity index (χ4n) is 4.98. The molecule has 1 atom stereocenters. The number of aromatic amines is 1. The third kappa shape index (κ3) is 5.02. The molecule has 2 aromatic carbocycles. The van der Waals surface area contributed by atoms with Gasteiger partial charge in [0.2, 0.25) is 0 Å². The molecule has 0 bridgehead atoms. The fourth-order valence-corrected chi connectivity index (χ4v) is 6.30. The van der Waals surface area contributed by atoms with Crippen molar-refractivity contribution in [3.05, 3.63) is 41.6 Å². The maximum absolute atomic E-state index is 13.7. The number of H-pyrrole nitrogens is 1. The Morgan fingerprint density at radius 3 is 2.35 bits per heavy atom. The highest BCUT2D eigenvalue weighted by Crippen LogP contribution is 2.42. The van der Waals surface area contributed by atoms with Gasteiger partial charge in [0.15, 0.2) is 22.1 Å². The molecule has 2 aromatic heterocycles. The highest BCUT2D eigenvalue weighted by Gasteiger charge is 2.30. The molecule has 1 aliphatic carbocycles. The number of ether oxygens (including phenoxy) is 4. The number of methoxy groups -OCH3 is 3. The zero-order valence-corrected chi connectivity index (χ0v) is 23.3. The van der Waals surface area contributed by atoms with E-state index in [1.165, 1.54) is 21.3 Å². The molecule has 2 fully saturated rings. The van der Waals surface area contributed by atoms with Gasteiger partial charge in [-0.3, -0.25) is 9.82 Å². The highest BCUT2D eigenvalue weighted by atomic mass is 32.2. The maximum Gasteiger partial charge on any atom is 0.270 e. The quantitative estimate of drug-likeness (QED) is 0.231. The normalized spacial score (nSPS) is 17.5. The SMILES string of the molecule is COc1cc2c(NS(=O)(=O)c3c(OC)cc(C4CCCCO4)cc3OC)noc2cc1Nc1cc(C2CC2)[nH]n1. The monoisotopic (exact) mass is 569 g/mol. The number of hydrogen-bond acceptors (Lipinski definition) is 10. The van der Waals surface area contributed by atoms with Crippen molar-refractivity contribution in [2.75, 3.05) is 38.0 Å².